The Kier molecular flexibility index (Phi) is 3.43. The number of hydrogen-bond donors (Lipinski definition) is 0. The molecule has 0 aliphatic carbocycles. The third-order valence-corrected chi connectivity index (χ3v) is 2.34. The van der Waals surface area contributed by atoms with E-state index in [1.165, 1.54) is 11.8 Å². The van der Waals surface area contributed by atoms with Gasteiger partial charge in [0, 0.05) is 11.8 Å². The van der Waals surface area contributed by atoms with Crippen LogP contribution in [0.4, 0.5) is 0 Å². The van der Waals surface area contributed by atoms with Crippen LogP contribution in [-0.2, 0) is 5.88 Å². The fraction of sp³-hybridized carbons (Fsp3) is 0.333. The van der Waals surface area contributed by atoms with Gasteiger partial charge in [-0.25, -0.2) is 9.97 Å². The Morgan fingerprint density at radius 3 is 2.91 bits per heavy atom. The van der Waals surface area contributed by atoms with Gasteiger partial charge in [-0.3, -0.25) is 0 Å². The fourth-order valence-electron chi connectivity index (χ4n) is 0.639. The molecule has 0 spiro atoms. The van der Waals surface area contributed by atoms with Crippen molar-refractivity contribution in [1.82, 2.24) is 9.97 Å². The van der Waals surface area contributed by atoms with Gasteiger partial charge in [0.05, 0.1) is 5.88 Å². The smallest absolute Gasteiger partial charge is 0.223 e. The van der Waals surface area contributed by atoms with Crippen molar-refractivity contribution in [2.75, 3.05) is 6.26 Å². The first-order valence-corrected chi connectivity index (χ1v) is 5.03. The highest BCUT2D eigenvalue weighted by Gasteiger charge is 2.02. The fourth-order valence-corrected chi connectivity index (χ4v) is 1.66. The van der Waals surface area contributed by atoms with Crippen molar-refractivity contribution in [1.29, 1.82) is 0 Å². The molecule has 1 heterocycles. The molecule has 0 unspecified atom stereocenters. The molecular formula is C6H6Cl2N2S. The number of thioether (sulfide) groups is 1. The number of rotatable bonds is 2. The zero-order valence-corrected chi connectivity index (χ0v) is 8.17. The number of nitrogens with zero attached hydrogens (tertiary/aromatic N) is 2. The third-order valence-electron chi connectivity index (χ3n) is 1.13. The molecule has 0 radical (unpaired) electrons. The van der Waals surface area contributed by atoms with Crippen molar-refractivity contribution in [3.05, 3.63) is 17.0 Å². The van der Waals surface area contributed by atoms with Gasteiger partial charge in [0.25, 0.3) is 0 Å². The van der Waals surface area contributed by atoms with E-state index in [1.807, 2.05) is 6.26 Å². The van der Waals surface area contributed by atoms with E-state index in [1.54, 1.807) is 6.20 Å². The van der Waals surface area contributed by atoms with E-state index in [4.69, 9.17) is 23.2 Å². The molecule has 5 heteroatoms. The van der Waals surface area contributed by atoms with Crippen LogP contribution in [0.25, 0.3) is 0 Å². The molecule has 0 aliphatic rings. The maximum Gasteiger partial charge on any atom is 0.223 e. The molecule has 0 saturated carbocycles. The normalized spacial score (nSPS) is 10.1. The second kappa shape index (κ2) is 4.14. The summed E-state index contributed by atoms with van der Waals surface area (Å²) in [5.74, 6) is 0.424. The van der Waals surface area contributed by atoms with Crippen LogP contribution in [0.1, 0.15) is 5.56 Å². The van der Waals surface area contributed by atoms with Crippen molar-refractivity contribution < 1.29 is 0 Å². The first-order chi connectivity index (χ1) is 5.27. The minimum Gasteiger partial charge on any atom is -0.226 e. The minimum atomic E-state index is 0.267. The third kappa shape index (κ3) is 2.22. The molecule has 2 nitrogen and oxygen atoms in total. The molecule has 0 N–H and O–H groups in total. The summed E-state index contributed by atoms with van der Waals surface area (Å²) in [7, 11) is 0. The Balaban J connectivity index is 3.06. The van der Waals surface area contributed by atoms with E-state index in [0.717, 1.165) is 10.6 Å². The van der Waals surface area contributed by atoms with Crippen molar-refractivity contribution in [2.24, 2.45) is 0 Å². The lowest BCUT2D eigenvalue weighted by atomic mass is 10.4. The Hall–Kier alpha value is 0.01000. The summed E-state index contributed by atoms with van der Waals surface area (Å²) < 4.78 is 0. The summed E-state index contributed by atoms with van der Waals surface area (Å²) in [5, 5.41) is 1.11. The first kappa shape index (κ1) is 9.10. The van der Waals surface area contributed by atoms with Gasteiger partial charge < -0.3 is 0 Å². The number of alkyl halides is 1. The van der Waals surface area contributed by atoms with Gasteiger partial charge in [-0.2, -0.15) is 0 Å². The van der Waals surface area contributed by atoms with Crippen molar-refractivity contribution in [3.63, 3.8) is 0 Å². The molecule has 1 rings (SSSR count). The molecule has 1 aromatic rings. The van der Waals surface area contributed by atoms with E-state index in [9.17, 15) is 0 Å². The number of halogens is 2. The van der Waals surface area contributed by atoms with E-state index in [0.29, 0.717) is 5.88 Å². The largest absolute Gasteiger partial charge is 0.226 e. The molecule has 0 atom stereocenters. The molecule has 11 heavy (non-hydrogen) atoms. The quantitative estimate of drug-likeness (QED) is 0.324. The monoisotopic (exact) mass is 208 g/mol. The van der Waals surface area contributed by atoms with Gasteiger partial charge in [-0.1, -0.05) is 0 Å². The number of aromatic nitrogens is 2. The van der Waals surface area contributed by atoms with E-state index < -0.39 is 0 Å². The summed E-state index contributed by atoms with van der Waals surface area (Å²) in [5.41, 5.74) is 0.920. The van der Waals surface area contributed by atoms with Crippen LogP contribution >= 0.6 is 35.0 Å². The lowest BCUT2D eigenvalue weighted by Crippen LogP contribution is -1.90. The second-order valence-electron chi connectivity index (χ2n) is 1.81. The topological polar surface area (TPSA) is 25.8 Å². The lowest BCUT2D eigenvalue weighted by molar-refractivity contribution is 0.996. The average molecular weight is 209 g/mol. The second-order valence-corrected chi connectivity index (χ2v) is 3.21. The molecule has 0 saturated heterocycles. The summed E-state index contributed by atoms with van der Waals surface area (Å²) in [6.07, 6.45) is 3.57. The van der Waals surface area contributed by atoms with Crippen LogP contribution in [0.3, 0.4) is 0 Å². The summed E-state index contributed by atoms with van der Waals surface area (Å²) in [4.78, 5) is 7.81. The molecule has 60 valence electrons. The highest BCUT2D eigenvalue weighted by Crippen LogP contribution is 2.19. The van der Waals surface area contributed by atoms with E-state index >= 15 is 0 Å². The van der Waals surface area contributed by atoms with Gasteiger partial charge in [0.1, 0.15) is 5.03 Å². The summed E-state index contributed by atoms with van der Waals surface area (Å²) in [6.45, 7) is 0. The lowest BCUT2D eigenvalue weighted by Gasteiger charge is -2.00. The van der Waals surface area contributed by atoms with Crippen molar-refractivity contribution >= 4 is 35.0 Å². The highest BCUT2D eigenvalue weighted by atomic mass is 35.5. The summed E-state index contributed by atoms with van der Waals surface area (Å²) in [6, 6.07) is 0. The summed E-state index contributed by atoms with van der Waals surface area (Å²) >= 11 is 12.7. The molecule has 0 bridgehead atoms. The van der Waals surface area contributed by atoms with Gasteiger partial charge in [-0.05, 0) is 17.9 Å². The van der Waals surface area contributed by atoms with Gasteiger partial charge in [-0.15, -0.1) is 23.4 Å². The van der Waals surface area contributed by atoms with Gasteiger partial charge in [0.15, 0.2) is 0 Å². The molecule has 1 aromatic heterocycles. The van der Waals surface area contributed by atoms with Crippen molar-refractivity contribution in [3.8, 4) is 0 Å². The zero-order chi connectivity index (χ0) is 8.27. The van der Waals surface area contributed by atoms with Gasteiger partial charge >= 0.3 is 0 Å². The van der Waals surface area contributed by atoms with Crippen LogP contribution in [0.2, 0.25) is 5.28 Å². The van der Waals surface area contributed by atoms with E-state index in [-0.39, 0.29) is 5.28 Å². The standard InChI is InChI=1S/C6H6Cl2N2S/c1-11-5-4(2-7)3-9-6(8)10-5/h3H,2H2,1H3. The minimum absolute atomic E-state index is 0.267. The molecule has 0 fully saturated rings. The van der Waals surface area contributed by atoms with Crippen LogP contribution in [-0.4, -0.2) is 16.2 Å². The van der Waals surface area contributed by atoms with Crippen molar-refractivity contribution in [2.45, 2.75) is 10.9 Å². The molecule has 0 amide bonds. The van der Waals surface area contributed by atoms with Crippen LogP contribution < -0.4 is 0 Å². The van der Waals surface area contributed by atoms with Gasteiger partial charge in [0.2, 0.25) is 5.28 Å². The zero-order valence-electron chi connectivity index (χ0n) is 5.84. The van der Waals surface area contributed by atoms with Crippen LogP contribution in [0.15, 0.2) is 11.2 Å². The Bertz CT molecular complexity index is 254. The molecule has 0 aromatic carbocycles. The van der Waals surface area contributed by atoms with Crippen LogP contribution in [0, 0.1) is 0 Å². The Morgan fingerprint density at radius 2 is 2.36 bits per heavy atom. The Morgan fingerprint density at radius 1 is 1.64 bits per heavy atom. The first-order valence-electron chi connectivity index (χ1n) is 2.89. The van der Waals surface area contributed by atoms with E-state index in [2.05, 4.69) is 9.97 Å². The SMILES string of the molecule is CSc1nc(Cl)ncc1CCl. The number of hydrogen-bond acceptors (Lipinski definition) is 3. The highest BCUT2D eigenvalue weighted by molar-refractivity contribution is 7.98. The predicted octanol–water partition coefficient (Wildman–Crippen LogP) is 2.59. The molecular weight excluding hydrogens is 203 g/mol. The Labute approximate surface area is 79.3 Å². The molecule has 0 aliphatic heterocycles. The average Bonchev–Trinajstić information content (AvgIpc) is 2.04. The van der Waals surface area contributed by atoms with Crippen LogP contribution in [0.5, 0.6) is 0 Å². The predicted molar refractivity (Wildman–Crippen MR) is 48.4 cm³/mol. The maximum absolute atomic E-state index is 5.63. The maximum atomic E-state index is 5.63.